The summed E-state index contributed by atoms with van der Waals surface area (Å²) in [6.45, 7) is 0.605. The van der Waals surface area contributed by atoms with Gasteiger partial charge < -0.3 is 0 Å². The molecule has 0 fully saturated rings. The van der Waals surface area contributed by atoms with Crippen molar-refractivity contribution in [3.8, 4) is 0 Å². The molecule has 2 heterocycles. The van der Waals surface area contributed by atoms with Crippen molar-refractivity contribution < 1.29 is 0 Å². The van der Waals surface area contributed by atoms with Crippen LogP contribution in [-0.2, 0) is 11.9 Å². The molecule has 6 heteroatoms. The van der Waals surface area contributed by atoms with Gasteiger partial charge >= 0.3 is 0 Å². The van der Waals surface area contributed by atoms with Crippen LogP contribution in [0.1, 0.15) is 11.4 Å². The van der Waals surface area contributed by atoms with E-state index < -0.39 is 0 Å². The van der Waals surface area contributed by atoms with Crippen molar-refractivity contribution in [3.05, 3.63) is 36.2 Å². The maximum absolute atomic E-state index is 4.15. The standard InChI is InChI=1S/C8H8BrN5/c9-3-7-5-14(13-12-7)6-8-4-10-1-2-11-8/h1-2,4-5H,3,6H2. The van der Waals surface area contributed by atoms with Gasteiger partial charge in [-0.2, -0.15) is 0 Å². The number of hydrogen-bond donors (Lipinski definition) is 0. The number of rotatable bonds is 3. The first-order valence-corrected chi connectivity index (χ1v) is 5.20. The first kappa shape index (κ1) is 9.26. The SMILES string of the molecule is BrCc1cn(Cc2cnccn2)nn1. The molecule has 0 bridgehead atoms. The molecule has 5 nitrogen and oxygen atoms in total. The lowest BCUT2D eigenvalue weighted by Gasteiger charge is -1.97. The summed E-state index contributed by atoms with van der Waals surface area (Å²) in [6, 6.07) is 0. The Morgan fingerprint density at radius 3 is 2.86 bits per heavy atom. The first-order chi connectivity index (χ1) is 6.88. The van der Waals surface area contributed by atoms with E-state index in [4.69, 9.17) is 0 Å². The molecule has 2 aromatic rings. The Labute approximate surface area is 89.3 Å². The summed E-state index contributed by atoms with van der Waals surface area (Å²) in [5, 5.41) is 8.62. The summed E-state index contributed by atoms with van der Waals surface area (Å²) >= 11 is 3.31. The number of aromatic nitrogens is 5. The summed E-state index contributed by atoms with van der Waals surface area (Å²) in [4.78, 5) is 8.12. The van der Waals surface area contributed by atoms with Gasteiger partial charge in [-0.1, -0.05) is 21.1 Å². The predicted molar refractivity (Wildman–Crippen MR) is 53.8 cm³/mol. The van der Waals surface area contributed by atoms with Crippen LogP contribution in [0.25, 0.3) is 0 Å². The molecule has 0 saturated heterocycles. The molecule has 0 spiro atoms. The molecule has 0 aliphatic carbocycles. The van der Waals surface area contributed by atoms with Gasteiger partial charge in [-0.25, -0.2) is 4.68 Å². The fraction of sp³-hybridized carbons (Fsp3) is 0.250. The van der Waals surface area contributed by atoms with Crippen LogP contribution in [0.15, 0.2) is 24.8 Å². The summed E-state index contributed by atoms with van der Waals surface area (Å²) in [7, 11) is 0. The number of hydrogen-bond acceptors (Lipinski definition) is 4. The highest BCUT2D eigenvalue weighted by molar-refractivity contribution is 9.08. The van der Waals surface area contributed by atoms with Crippen LogP contribution in [0.2, 0.25) is 0 Å². The van der Waals surface area contributed by atoms with Gasteiger partial charge in [-0.15, -0.1) is 5.10 Å². The summed E-state index contributed by atoms with van der Waals surface area (Å²) in [5.41, 5.74) is 1.78. The van der Waals surface area contributed by atoms with Crippen LogP contribution in [0, 0.1) is 0 Å². The predicted octanol–water partition coefficient (Wildman–Crippen LogP) is 1.01. The van der Waals surface area contributed by atoms with Gasteiger partial charge in [0.1, 0.15) is 0 Å². The Morgan fingerprint density at radius 2 is 2.21 bits per heavy atom. The Bertz CT molecular complexity index is 399. The molecule has 2 rings (SSSR count). The molecular formula is C8H8BrN5. The second-order valence-electron chi connectivity index (χ2n) is 2.74. The van der Waals surface area contributed by atoms with Crippen molar-refractivity contribution in [2.24, 2.45) is 0 Å². The molecule has 0 saturated carbocycles. The molecule has 0 atom stereocenters. The lowest BCUT2D eigenvalue weighted by Crippen LogP contribution is -2.02. The average molecular weight is 254 g/mol. The van der Waals surface area contributed by atoms with Gasteiger partial charge in [0.15, 0.2) is 0 Å². The Morgan fingerprint density at radius 1 is 1.29 bits per heavy atom. The van der Waals surface area contributed by atoms with E-state index in [-0.39, 0.29) is 0 Å². The van der Waals surface area contributed by atoms with Crippen LogP contribution in [-0.4, -0.2) is 25.0 Å². The van der Waals surface area contributed by atoms with Crippen LogP contribution in [0.4, 0.5) is 0 Å². The molecular weight excluding hydrogens is 246 g/mol. The molecule has 0 N–H and O–H groups in total. The van der Waals surface area contributed by atoms with E-state index in [1.54, 1.807) is 23.3 Å². The molecule has 0 aliphatic rings. The third-order valence-electron chi connectivity index (χ3n) is 1.66. The Balaban J connectivity index is 2.11. The zero-order valence-corrected chi connectivity index (χ0v) is 8.92. The van der Waals surface area contributed by atoms with Crippen LogP contribution in [0.5, 0.6) is 0 Å². The fourth-order valence-corrected chi connectivity index (χ4v) is 1.31. The van der Waals surface area contributed by atoms with Crippen molar-refractivity contribution in [1.29, 1.82) is 0 Å². The average Bonchev–Trinajstić information content (AvgIpc) is 2.67. The fourth-order valence-electron chi connectivity index (χ4n) is 1.05. The van der Waals surface area contributed by atoms with E-state index in [2.05, 4.69) is 36.2 Å². The highest BCUT2D eigenvalue weighted by Gasteiger charge is 2.00. The molecule has 0 amide bonds. The van der Waals surface area contributed by atoms with E-state index >= 15 is 0 Å². The molecule has 0 unspecified atom stereocenters. The van der Waals surface area contributed by atoms with Gasteiger partial charge in [-0.3, -0.25) is 9.97 Å². The molecule has 2 aromatic heterocycles. The summed E-state index contributed by atoms with van der Waals surface area (Å²) in [5.74, 6) is 0. The third-order valence-corrected chi connectivity index (χ3v) is 2.24. The first-order valence-electron chi connectivity index (χ1n) is 4.08. The van der Waals surface area contributed by atoms with E-state index in [0.29, 0.717) is 11.9 Å². The highest BCUT2D eigenvalue weighted by Crippen LogP contribution is 2.01. The van der Waals surface area contributed by atoms with Crippen LogP contribution in [0.3, 0.4) is 0 Å². The zero-order valence-electron chi connectivity index (χ0n) is 7.34. The van der Waals surface area contributed by atoms with Crippen molar-refractivity contribution >= 4 is 15.9 Å². The summed E-state index contributed by atoms with van der Waals surface area (Å²) in [6.07, 6.45) is 6.91. The third kappa shape index (κ3) is 2.14. The number of halogens is 1. The Kier molecular flexibility index (Phi) is 2.83. The minimum atomic E-state index is 0.605. The molecule has 0 aromatic carbocycles. The maximum atomic E-state index is 4.15. The normalized spacial score (nSPS) is 10.4. The molecule has 0 aliphatic heterocycles. The van der Waals surface area contributed by atoms with Gasteiger partial charge in [0, 0.05) is 23.9 Å². The van der Waals surface area contributed by atoms with Crippen LogP contribution >= 0.6 is 15.9 Å². The van der Waals surface area contributed by atoms with Crippen molar-refractivity contribution in [3.63, 3.8) is 0 Å². The second-order valence-corrected chi connectivity index (χ2v) is 3.30. The lowest BCUT2D eigenvalue weighted by molar-refractivity contribution is 0.636. The van der Waals surface area contributed by atoms with Crippen molar-refractivity contribution in [2.75, 3.05) is 0 Å². The van der Waals surface area contributed by atoms with E-state index in [1.807, 2.05) is 6.20 Å². The van der Waals surface area contributed by atoms with E-state index in [0.717, 1.165) is 11.4 Å². The maximum Gasteiger partial charge on any atom is 0.0932 e. The molecule has 14 heavy (non-hydrogen) atoms. The summed E-state index contributed by atoms with van der Waals surface area (Å²) < 4.78 is 1.74. The monoisotopic (exact) mass is 253 g/mol. The second kappa shape index (κ2) is 4.28. The topological polar surface area (TPSA) is 56.5 Å². The number of nitrogens with zero attached hydrogens (tertiary/aromatic N) is 5. The van der Waals surface area contributed by atoms with Crippen molar-refractivity contribution in [1.82, 2.24) is 25.0 Å². The largest absolute Gasteiger partial charge is 0.261 e. The van der Waals surface area contributed by atoms with Crippen molar-refractivity contribution in [2.45, 2.75) is 11.9 Å². The lowest BCUT2D eigenvalue weighted by atomic mass is 10.4. The molecule has 72 valence electrons. The number of alkyl halides is 1. The van der Waals surface area contributed by atoms with E-state index in [9.17, 15) is 0 Å². The Hall–Kier alpha value is -1.30. The molecule has 0 radical (unpaired) electrons. The quantitative estimate of drug-likeness (QED) is 0.767. The minimum absolute atomic E-state index is 0.605. The van der Waals surface area contributed by atoms with Gasteiger partial charge in [0.05, 0.1) is 24.1 Å². The van der Waals surface area contributed by atoms with Gasteiger partial charge in [0.25, 0.3) is 0 Å². The van der Waals surface area contributed by atoms with E-state index in [1.165, 1.54) is 0 Å². The smallest absolute Gasteiger partial charge is 0.0932 e. The minimum Gasteiger partial charge on any atom is -0.261 e. The van der Waals surface area contributed by atoms with Gasteiger partial charge in [0.2, 0.25) is 0 Å². The zero-order chi connectivity index (χ0) is 9.80. The van der Waals surface area contributed by atoms with Crippen LogP contribution < -0.4 is 0 Å². The van der Waals surface area contributed by atoms with Gasteiger partial charge in [-0.05, 0) is 0 Å². The highest BCUT2D eigenvalue weighted by atomic mass is 79.9.